The Morgan fingerprint density at radius 2 is 1.62 bits per heavy atom. The molecule has 2 aromatic heterocycles. The Morgan fingerprint density at radius 1 is 1.00 bits per heavy atom. The standard InChI is InChI=1S/C18H15F3N4O3S2.C2HF3O2/c19-18(20,21)15-6-9-23-17(24-15)22-8-5-12-1-3-14(4-2-12)30(27,28)25-16(26)13-7-10-29-11-13;3-2(4,5)1(6)7/h1-4,6-7,9-11H,5,8H2,(H,25,26)(H,22,23,24);(H,6,7). The lowest BCUT2D eigenvalue weighted by molar-refractivity contribution is -0.192. The summed E-state index contributed by atoms with van der Waals surface area (Å²) < 4.78 is 96.3. The van der Waals surface area contributed by atoms with Crippen LogP contribution in [0.2, 0.25) is 0 Å². The third-order valence-corrected chi connectivity index (χ3v) is 6.16. The van der Waals surface area contributed by atoms with Crippen LogP contribution in [0.3, 0.4) is 0 Å². The van der Waals surface area contributed by atoms with Gasteiger partial charge in [-0.1, -0.05) is 12.1 Å². The van der Waals surface area contributed by atoms with Crippen LogP contribution in [0.25, 0.3) is 0 Å². The van der Waals surface area contributed by atoms with Crippen molar-refractivity contribution in [3.8, 4) is 0 Å². The zero-order valence-corrected chi connectivity index (χ0v) is 19.8. The molecule has 9 nitrogen and oxygen atoms in total. The maximum absolute atomic E-state index is 12.7. The minimum Gasteiger partial charge on any atom is -0.475 e. The summed E-state index contributed by atoms with van der Waals surface area (Å²) in [5.41, 5.74) is -0.0558. The van der Waals surface area contributed by atoms with Gasteiger partial charge in [0.2, 0.25) is 5.95 Å². The molecule has 2 heterocycles. The molecule has 0 bridgehead atoms. The monoisotopic (exact) mass is 570 g/mol. The van der Waals surface area contributed by atoms with E-state index in [1.54, 1.807) is 17.5 Å². The number of aromatic nitrogens is 2. The number of rotatable bonds is 7. The summed E-state index contributed by atoms with van der Waals surface area (Å²) in [6, 6.07) is 8.09. The third-order valence-electron chi connectivity index (χ3n) is 4.13. The number of anilines is 1. The number of nitrogens with zero attached hydrogens (tertiary/aromatic N) is 2. The number of aliphatic carboxylic acids is 1. The average molecular weight is 570 g/mol. The van der Waals surface area contributed by atoms with Crippen molar-refractivity contribution in [1.82, 2.24) is 14.7 Å². The number of hydrogen-bond donors (Lipinski definition) is 3. The van der Waals surface area contributed by atoms with Crippen LogP contribution in [0, 0.1) is 0 Å². The summed E-state index contributed by atoms with van der Waals surface area (Å²) in [7, 11) is -4.02. The molecule has 3 rings (SSSR count). The van der Waals surface area contributed by atoms with E-state index < -0.39 is 39.9 Å². The topological polar surface area (TPSA) is 138 Å². The minimum atomic E-state index is -5.08. The van der Waals surface area contributed by atoms with Crippen molar-refractivity contribution in [3.63, 3.8) is 0 Å². The number of halogens is 6. The number of benzene rings is 1. The lowest BCUT2D eigenvalue weighted by Gasteiger charge is -2.09. The van der Waals surface area contributed by atoms with Gasteiger partial charge >= 0.3 is 18.3 Å². The van der Waals surface area contributed by atoms with Crippen LogP contribution < -0.4 is 10.0 Å². The third kappa shape index (κ3) is 9.34. The first-order chi connectivity index (χ1) is 17.1. The molecule has 1 amide bonds. The zero-order valence-electron chi connectivity index (χ0n) is 18.2. The number of carboxylic acids is 1. The average Bonchev–Trinajstić information content (AvgIpc) is 3.34. The first-order valence-corrected chi connectivity index (χ1v) is 12.1. The summed E-state index contributed by atoms with van der Waals surface area (Å²) in [5, 5.41) is 13.0. The second-order valence-corrected chi connectivity index (χ2v) is 9.30. The van der Waals surface area contributed by atoms with Crippen LogP contribution in [0.4, 0.5) is 32.3 Å². The molecule has 0 fully saturated rings. The molecule has 0 aliphatic heterocycles. The van der Waals surface area contributed by atoms with Crippen LogP contribution in [0.5, 0.6) is 0 Å². The van der Waals surface area contributed by atoms with Gasteiger partial charge in [-0.15, -0.1) is 0 Å². The fraction of sp³-hybridized carbons (Fsp3) is 0.200. The highest BCUT2D eigenvalue weighted by Gasteiger charge is 2.38. The summed E-state index contributed by atoms with van der Waals surface area (Å²) >= 11 is 1.27. The van der Waals surface area contributed by atoms with E-state index in [0.29, 0.717) is 6.42 Å². The molecule has 0 radical (unpaired) electrons. The number of hydrogen-bond acceptors (Lipinski definition) is 8. The van der Waals surface area contributed by atoms with Gasteiger partial charge in [-0.05, 0) is 41.6 Å². The number of amides is 1. The van der Waals surface area contributed by atoms with Gasteiger partial charge in [0.15, 0.2) is 0 Å². The number of thiophene rings is 1. The number of carbonyl (C=O) groups is 2. The molecule has 0 saturated heterocycles. The van der Waals surface area contributed by atoms with Crippen LogP contribution >= 0.6 is 11.3 Å². The molecule has 37 heavy (non-hydrogen) atoms. The molecular weight excluding hydrogens is 554 g/mol. The summed E-state index contributed by atoms with van der Waals surface area (Å²) in [4.78, 5) is 27.9. The molecule has 0 spiro atoms. The van der Waals surface area contributed by atoms with Crippen molar-refractivity contribution < 1.29 is 49.5 Å². The van der Waals surface area contributed by atoms with E-state index in [1.807, 2.05) is 4.72 Å². The first-order valence-electron chi connectivity index (χ1n) is 9.72. The lowest BCUT2D eigenvalue weighted by atomic mass is 10.1. The van der Waals surface area contributed by atoms with Crippen LogP contribution in [-0.4, -0.2) is 48.1 Å². The van der Waals surface area contributed by atoms with Crippen LogP contribution in [0.1, 0.15) is 21.6 Å². The highest BCUT2D eigenvalue weighted by atomic mass is 32.2. The predicted molar refractivity (Wildman–Crippen MR) is 118 cm³/mol. The molecule has 200 valence electrons. The fourth-order valence-corrected chi connectivity index (χ4v) is 4.00. The Balaban J connectivity index is 0.000000604. The van der Waals surface area contributed by atoms with Gasteiger partial charge < -0.3 is 10.4 Å². The number of nitrogens with one attached hydrogen (secondary N) is 2. The van der Waals surface area contributed by atoms with E-state index in [0.717, 1.165) is 17.8 Å². The SMILES string of the molecule is O=C(NS(=O)(=O)c1ccc(CCNc2nccc(C(F)(F)F)n2)cc1)c1ccsc1.O=C(O)C(F)(F)F. The highest BCUT2D eigenvalue weighted by Crippen LogP contribution is 2.27. The largest absolute Gasteiger partial charge is 0.490 e. The number of carboxylic acid groups (broad SMARTS) is 1. The van der Waals surface area contributed by atoms with E-state index in [9.17, 15) is 39.6 Å². The van der Waals surface area contributed by atoms with Gasteiger partial charge in [0, 0.05) is 18.1 Å². The van der Waals surface area contributed by atoms with Gasteiger partial charge in [0.1, 0.15) is 5.69 Å². The Labute approximate surface area is 209 Å². The van der Waals surface area contributed by atoms with Crippen molar-refractivity contribution in [2.24, 2.45) is 0 Å². The highest BCUT2D eigenvalue weighted by molar-refractivity contribution is 7.90. The molecule has 0 unspecified atom stereocenters. The molecule has 0 aliphatic carbocycles. The van der Waals surface area contributed by atoms with Crippen molar-refractivity contribution in [2.75, 3.05) is 11.9 Å². The predicted octanol–water partition coefficient (Wildman–Crippen LogP) is 3.96. The number of alkyl halides is 6. The van der Waals surface area contributed by atoms with Crippen molar-refractivity contribution >= 4 is 39.2 Å². The maximum atomic E-state index is 12.7. The minimum absolute atomic E-state index is 0.0796. The quantitative estimate of drug-likeness (QED) is 0.363. The van der Waals surface area contributed by atoms with Crippen LogP contribution in [-0.2, 0) is 27.4 Å². The van der Waals surface area contributed by atoms with Crippen molar-refractivity contribution in [3.05, 3.63) is 70.2 Å². The molecule has 3 N–H and O–H groups in total. The Bertz CT molecular complexity index is 1310. The van der Waals surface area contributed by atoms with Crippen molar-refractivity contribution in [2.45, 2.75) is 23.7 Å². The van der Waals surface area contributed by atoms with E-state index in [-0.39, 0.29) is 23.0 Å². The number of sulfonamides is 1. The van der Waals surface area contributed by atoms with Gasteiger partial charge in [-0.25, -0.2) is 27.9 Å². The lowest BCUT2D eigenvalue weighted by Crippen LogP contribution is -2.30. The molecule has 0 saturated carbocycles. The molecule has 0 atom stereocenters. The van der Waals surface area contributed by atoms with E-state index in [2.05, 4.69) is 15.3 Å². The first kappa shape index (κ1) is 29.5. The molecule has 17 heteroatoms. The Morgan fingerprint density at radius 3 is 2.14 bits per heavy atom. The van der Waals surface area contributed by atoms with E-state index >= 15 is 0 Å². The maximum Gasteiger partial charge on any atom is 0.490 e. The summed E-state index contributed by atoms with van der Waals surface area (Å²) in [6.45, 7) is 0.238. The fourth-order valence-electron chi connectivity index (χ4n) is 2.39. The second-order valence-electron chi connectivity index (χ2n) is 6.83. The van der Waals surface area contributed by atoms with Gasteiger partial charge in [0.25, 0.3) is 15.9 Å². The smallest absolute Gasteiger partial charge is 0.475 e. The van der Waals surface area contributed by atoms with Crippen LogP contribution in [0.15, 0.2) is 58.3 Å². The summed E-state index contributed by atoms with van der Waals surface area (Å²) in [6.07, 6.45) is -8.23. The molecular formula is C20H16F6N4O5S2. The van der Waals surface area contributed by atoms with E-state index in [1.165, 1.54) is 34.9 Å². The van der Waals surface area contributed by atoms with Gasteiger partial charge in [-0.3, -0.25) is 4.79 Å². The van der Waals surface area contributed by atoms with Gasteiger partial charge in [-0.2, -0.15) is 37.7 Å². The molecule has 0 aliphatic rings. The Kier molecular flexibility index (Phi) is 9.57. The number of carbonyl (C=O) groups excluding carboxylic acids is 1. The molecule has 1 aromatic carbocycles. The summed E-state index contributed by atoms with van der Waals surface area (Å²) in [5.74, 6) is -3.63. The normalized spacial score (nSPS) is 11.7. The second kappa shape index (κ2) is 12.0. The van der Waals surface area contributed by atoms with Gasteiger partial charge in [0.05, 0.1) is 10.5 Å². The Hall–Kier alpha value is -3.73. The zero-order chi connectivity index (χ0) is 27.9. The van der Waals surface area contributed by atoms with E-state index in [4.69, 9.17) is 9.90 Å². The van der Waals surface area contributed by atoms with Crippen molar-refractivity contribution in [1.29, 1.82) is 0 Å². The molecule has 3 aromatic rings.